The zero-order valence-corrected chi connectivity index (χ0v) is 23.6. The van der Waals surface area contributed by atoms with E-state index in [2.05, 4.69) is 27.6 Å². The molecule has 0 bridgehead atoms. The van der Waals surface area contributed by atoms with Gasteiger partial charge in [0.05, 0.1) is 29.9 Å². The lowest BCUT2D eigenvalue weighted by atomic mass is 10.1. The number of rotatable bonds is 7. The van der Waals surface area contributed by atoms with Crippen molar-refractivity contribution in [2.45, 2.75) is 13.0 Å². The van der Waals surface area contributed by atoms with Crippen molar-refractivity contribution in [1.29, 1.82) is 0 Å². The first-order valence-electron chi connectivity index (χ1n) is 12.9. The van der Waals surface area contributed by atoms with Crippen LogP contribution in [-0.4, -0.2) is 92.6 Å². The van der Waals surface area contributed by atoms with Crippen LogP contribution in [0.2, 0.25) is 5.02 Å². The lowest BCUT2D eigenvalue weighted by Gasteiger charge is -2.31. The molecule has 12 heteroatoms. The second-order valence-electron chi connectivity index (χ2n) is 9.60. The molecule has 1 fully saturated rings. The van der Waals surface area contributed by atoms with E-state index in [1.807, 2.05) is 40.1 Å². The smallest absolute Gasteiger partial charge is 0.251 e. The Morgan fingerprint density at radius 1 is 1.13 bits per heavy atom. The maximum atomic E-state index is 12.9. The van der Waals surface area contributed by atoms with Crippen molar-refractivity contribution >= 4 is 61.7 Å². The molecule has 2 N–H and O–H groups in total. The first-order valence-corrected chi connectivity index (χ1v) is 14.1. The Morgan fingerprint density at radius 3 is 2.85 bits per heavy atom. The van der Waals surface area contributed by atoms with Crippen molar-refractivity contribution in [3.05, 3.63) is 52.5 Å². The van der Waals surface area contributed by atoms with Gasteiger partial charge in [0, 0.05) is 49.6 Å². The van der Waals surface area contributed by atoms with E-state index in [9.17, 15) is 9.59 Å². The lowest BCUT2D eigenvalue weighted by Crippen LogP contribution is -2.42. The second-order valence-corrected chi connectivity index (χ2v) is 11.1. The van der Waals surface area contributed by atoms with Crippen molar-refractivity contribution in [3.63, 3.8) is 0 Å². The summed E-state index contributed by atoms with van der Waals surface area (Å²) in [4.78, 5) is 41.1. The number of guanidine groups is 1. The van der Waals surface area contributed by atoms with Crippen molar-refractivity contribution in [2.24, 2.45) is 4.99 Å². The molecule has 0 spiro atoms. The number of ether oxygens (including phenoxy) is 1. The van der Waals surface area contributed by atoms with E-state index in [4.69, 9.17) is 21.3 Å². The Balaban J connectivity index is 1.27. The predicted molar refractivity (Wildman–Crippen MR) is 156 cm³/mol. The number of methoxy groups -OCH3 is 1. The van der Waals surface area contributed by atoms with Gasteiger partial charge in [-0.15, -0.1) is 0 Å². The molecule has 10 nitrogen and oxygen atoms in total. The van der Waals surface area contributed by atoms with E-state index in [1.54, 1.807) is 13.2 Å². The monoisotopic (exact) mass is 569 g/mol. The number of nitrogens with one attached hydrogen (secondary N) is 2. The standard InChI is InChI=1S/C27H32ClN7O3S/c1-33-8-3-9-34(11-10-33)24(36)17-29-25(37)18-4-7-22-19(14-18)16-30-26(35(22)12-13-38-2)32-27-31-21-6-5-20(28)15-23(21)39-27/h4-7,14-15H,3,8-13,16-17H2,1-2H3,(H,29,37)(H,30,31,32). The molecule has 0 aliphatic carbocycles. The Hall–Kier alpha value is -3.25. The Kier molecular flexibility index (Phi) is 8.61. The fraction of sp³-hybridized carbons (Fsp3) is 0.407. The Bertz CT molecular complexity index is 1390. The normalized spacial score (nSPS) is 16.0. The number of benzene rings is 2. The molecule has 0 atom stereocenters. The molecule has 0 saturated carbocycles. The number of carbonyl (C=O) groups is 2. The molecule has 2 aliphatic heterocycles. The highest BCUT2D eigenvalue weighted by Gasteiger charge is 2.24. The van der Waals surface area contributed by atoms with Gasteiger partial charge in [-0.2, -0.15) is 0 Å². The minimum absolute atomic E-state index is 0.0147. The van der Waals surface area contributed by atoms with Crippen molar-refractivity contribution in [3.8, 4) is 0 Å². The highest BCUT2D eigenvalue weighted by atomic mass is 35.5. The van der Waals surface area contributed by atoms with E-state index in [1.165, 1.54) is 11.3 Å². The van der Waals surface area contributed by atoms with Crippen molar-refractivity contribution < 1.29 is 14.3 Å². The summed E-state index contributed by atoms with van der Waals surface area (Å²) < 4.78 is 6.33. The average Bonchev–Trinajstić information content (AvgIpc) is 3.20. The first kappa shape index (κ1) is 27.3. The van der Waals surface area contributed by atoms with Crippen LogP contribution in [0.3, 0.4) is 0 Å². The maximum Gasteiger partial charge on any atom is 0.251 e. The van der Waals surface area contributed by atoms with Gasteiger partial charge in [-0.3, -0.25) is 9.59 Å². The molecule has 2 aromatic carbocycles. The highest BCUT2D eigenvalue weighted by molar-refractivity contribution is 7.22. The van der Waals surface area contributed by atoms with Crippen LogP contribution < -0.4 is 15.5 Å². The molecule has 39 heavy (non-hydrogen) atoms. The van der Waals surface area contributed by atoms with Crippen LogP contribution in [0.4, 0.5) is 10.8 Å². The number of likely N-dealkylation sites (N-methyl/N-ethyl adjacent to an activating group) is 1. The zero-order chi connectivity index (χ0) is 27.4. The van der Waals surface area contributed by atoms with Crippen molar-refractivity contribution in [1.82, 2.24) is 20.1 Å². The van der Waals surface area contributed by atoms with Gasteiger partial charge in [0.2, 0.25) is 11.9 Å². The molecule has 0 unspecified atom stereocenters. The number of hydrogen-bond acceptors (Lipinski definition) is 9. The summed E-state index contributed by atoms with van der Waals surface area (Å²) in [5.41, 5.74) is 3.22. The van der Waals surface area contributed by atoms with Crippen LogP contribution in [0.5, 0.6) is 0 Å². The Labute approximate surface area is 236 Å². The topological polar surface area (TPSA) is 102 Å². The number of thiazole rings is 1. The SMILES string of the molecule is COCCN1C(Nc2nc3ccc(Cl)cc3s2)=NCc2cc(C(=O)NCC(=O)N3CCCN(C)CC3)ccc21. The number of anilines is 2. The number of aromatic nitrogens is 1. The van der Waals surface area contributed by atoms with Gasteiger partial charge in [0.25, 0.3) is 5.91 Å². The quantitative estimate of drug-likeness (QED) is 0.450. The van der Waals surface area contributed by atoms with Crippen LogP contribution in [-0.2, 0) is 16.1 Å². The summed E-state index contributed by atoms with van der Waals surface area (Å²) in [6.07, 6.45) is 0.936. The van der Waals surface area contributed by atoms with E-state index in [-0.39, 0.29) is 18.4 Å². The lowest BCUT2D eigenvalue weighted by molar-refractivity contribution is -0.129. The molecule has 5 rings (SSSR count). The van der Waals surface area contributed by atoms with E-state index >= 15 is 0 Å². The van der Waals surface area contributed by atoms with E-state index < -0.39 is 0 Å². The fourth-order valence-corrected chi connectivity index (χ4v) is 5.84. The largest absolute Gasteiger partial charge is 0.383 e. The van der Waals surface area contributed by atoms with E-state index in [0.29, 0.717) is 54.5 Å². The summed E-state index contributed by atoms with van der Waals surface area (Å²) in [7, 11) is 3.72. The fourth-order valence-electron chi connectivity index (χ4n) is 4.71. The average molecular weight is 570 g/mol. The van der Waals surface area contributed by atoms with Gasteiger partial charge in [-0.25, -0.2) is 9.98 Å². The minimum atomic E-state index is -0.275. The van der Waals surface area contributed by atoms with Crippen LogP contribution in [0.25, 0.3) is 10.2 Å². The second kappa shape index (κ2) is 12.3. The highest BCUT2D eigenvalue weighted by Crippen LogP contribution is 2.31. The first-order chi connectivity index (χ1) is 18.9. The molecule has 206 valence electrons. The van der Waals surface area contributed by atoms with Crippen LogP contribution in [0.1, 0.15) is 22.3 Å². The van der Waals surface area contributed by atoms with Gasteiger partial charge in [-0.1, -0.05) is 22.9 Å². The maximum absolute atomic E-state index is 12.9. The number of hydrogen-bond donors (Lipinski definition) is 2. The number of amides is 2. The van der Waals surface area contributed by atoms with Crippen molar-refractivity contribution in [2.75, 3.05) is 70.2 Å². The summed E-state index contributed by atoms with van der Waals surface area (Å²) in [6.45, 7) is 4.66. The number of halogens is 1. The molecule has 2 amide bonds. The third-order valence-electron chi connectivity index (χ3n) is 6.85. The number of nitrogens with zero attached hydrogens (tertiary/aromatic N) is 5. The van der Waals surface area contributed by atoms with Crippen LogP contribution >= 0.6 is 22.9 Å². The number of aliphatic imine (C=N–C) groups is 1. The summed E-state index contributed by atoms with van der Waals surface area (Å²) in [6, 6.07) is 11.2. The molecule has 2 aliphatic rings. The Morgan fingerprint density at radius 2 is 2.00 bits per heavy atom. The zero-order valence-electron chi connectivity index (χ0n) is 22.1. The van der Waals surface area contributed by atoms with Gasteiger partial charge >= 0.3 is 0 Å². The third kappa shape index (κ3) is 6.50. The van der Waals surface area contributed by atoms with Gasteiger partial charge in [0.15, 0.2) is 5.13 Å². The molecular weight excluding hydrogens is 538 g/mol. The van der Waals surface area contributed by atoms with Gasteiger partial charge in [0.1, 0.15) is 0 Å². The molecule has 1 aromatic heterocycles. The summed E-state index contributed by atoms with van der Waals surface area (Å²) in [5.74, 6) is 0.331. The minimum Gasteiger partial charge on any atom is -0.383 e. The predicted octanol–water partition coefficient (Wildman–Crippen LogP) is 3.28. The van der Waals surface area contributed by atoms with Gasteiger partial charge < -0.3 is 30.1 Å². The van der Waals surface area contributed by atoms with Crippen LogP contribution in [0.15, 0.2) is 41.4 Å². The molecule has 3 heterocycles. The molecular formula is C27H32ClN7O3S. The van der Waals surface area contributed by atoms with E-state index in [0.717, 1.165) is 41.0 Å². The third-order valence-corrected chi connectivity index (χ3v) is 8.02. The molecule has 0 radical (unpaired) electrons. The van der Waals surface area contributed by atoms with Crippen LogP contribution in [0, 0.1) is 0 Å². The number of fused-ring (bicyclic) bond motifs is 2. The molecule has 1 saturated heterocycles. The summed E-state index contributed by atoms with van der Waals surface area (Å²) >= 11 is 7.64. The molecule has 3 aromatic rings. The number of carbonyl (C=O) groups excluding carboxylic acids is 2. The summed E-state index contributed by atoms with van der Waals surface area (Å²) in [5, 5.41) is 7.54. The van der Waals surface area contributed by atoms with Gasteiger partial charge in [-0.05, 0) is 62.0 Å².